The van der Waals surface area contributed by atoms with Gasteiger partial charge in [-0.1, -0.05) is 36.5 Å². The first-order valence-corrected chi connectivity index (χ1v) is 5.91. The van der Waals surface area contributed by atoms with Crippen LogP contribution in [0.15, 0.2) is 12.1 Å². The first kappa shape index (κ1) is 11.0. The zero-order valence-electron chi connectivity index (χ0n) is 8.52. The van der Waals surface area contributed by atoms with Crippen molar-refractivity contribution < 1.29 is 4.79 Å². The van der Waals surface area contributed by atoms with Gasteiger partial charge in [0, 0.05) is 16.5 Å². The molecule has 0 N–H and O–H groups in total. The third kappa shape index (κ3) is 1.91. The molecule has 1 nitrogen and oxygen atoms in total. The summed E-state index contributed by atoms with van der Waals surface area (Å²) >= 11 is 11.9. The number of ketones is 1. The molecule has 0 saturated carbocycles. The fourth-order valence-electron chi connectivity index (χ4n) is 2.21. The second-order valence-electron chi connectivity index (χ2n) is 3.98. The van der Waals surface area contributed by atoms with Crippen LogP contribution < -0.4 is 0 Å². The van der Waals surface area contributed by atoms with Gasteiger partial charge in [0.05, 0.1) is 5.02 Å². The molecule has 0 amide bonds. The lowest BCUT2D eigenvalue weighted by molar-refractivity contribution is 0.0930. The van der Waals surface area contributed by atoms with Gasteiger partial charge in [0.25, 0.3) is 0 Å². The van der Waals surface area contributed by atoms with E-state index in [1.54, 1.807) is 6.07 Å². The van der Waals surface area contributed by atoms with Gasteiger partial charge in [-0.3, -0.25) is 4.79 Å². The quantitative estimate of drug-likeness (QED) is 0.762. The third-order valence-corrected chi connectivity index (χ3v) is 3.37. The summed E-state index contributed by atoms with van der Waals surface area (Å²) in [6, 6.07) is 3.50. The molecule has 3 heteroatoms. The fourth-order valence-corrected chi connectivity index (χ4v) is 2.84. The number of Topliss-reactive ketones (excluding diaryl/α,β-unsaturated/α-hetero) is 1. The second-order valence-corrected chi connectivity index (χ2v) is 4.82. The van der Waals surface area contributed by atoms with Crippen LogP contribution in [-0.4, -0.2) is 5.78 Å². The van der Waals surface area contributed by atoms with Crippen molar-refractivity contribution >= 4 is 29.0 Å². The zero-order valence-corrected chi connectivity index (χ0v) is 10.0. The van der Waals surface area contributed by atoms with Crippen LogP contribution in [0.5, 0.6) is 0 Å². The topological polar surface area (TPSA) is 17.1 Å². The average Bonchev–Trinajstić information content (AvgIpc) is 2.43. The molecule has 0 saturated heterocycles. The molecule has 1 aliphatic rings. The van der Waals surface area contributed by atoms with E-state index in [-0.39, 0.29) is 11.7 Å². The Hall–Kier alpha value is -0.530. The van der Waals surface area contributed by atoms with Crippen LogP contribution in [0.3, 0.4) is 0 Å². The number of fused-ring (bicyclic) bond motifs is 1. The summed E-state index contributed by atoms with van der Waals surface area (Å²) in [5, 5.41) is 1.12. The van der Waals surface area contributed by atoms with E-state index in [0.717, 1.165) is 24.8 Å². The Bertz CT molecular complexity index is 412. The molecular formula is C12H12Cl2O. The van der Waals surface area contributed by atoms with E-state index in [0.29, 0.717) is 15.6 Å². The summed E-state index contributed by atoms with van der Waals surface area (Å²) in [6.45, 7) is 2.09. The molecule has 1 aromatic rings. The normalized spacial score (nSPS) is 19.4. The SMILES string of the molecule is CCCC1Cc2cc(Cl)cc(Cl)c2C1=O. The van der Waals surface area contributed by atoms with Crippen molar-refractivity contribution in [2.24, 2.45) is 5.92 Å². The first-order valence-electron chi connectivity index (χ1n) is 5.15. The van der Waals surface area contributed by atoms with Crippen molar-refractivity contribution in [3.63, 3.8) is 0 Å². The van der Waals surface area contributed by atoms with Crippen molar-refractivity contribution in [1.82, 2.24) is 0 Å². The van der Waals surface area contributed by atoms with Crippen molar-refractivity contribution in [1.29, 1.82) is 0 Å². The number of carbonyl (C=O) groups is 1. The van der Waals surface area contributed by atoms with E-state index < -0.39 is 0 Å². The molecule has 0 aliphatic heterocycles. The second kappa shape index (κ2) is 4.15. The van der Waals surface area contributed by atoms with E-state index in [1.807, 2.05) is 6.07 Å². The highest BCUT2D eigenvalue weighted by Gasteiger charge is 2.31. The van der Waals surface area contributed by atoms with Crippen molar-refractivity contribution in [3.8, 4) is 0 Å². The molecule has 0 spiro atoms. The van der Waals surface area contributed by atoms with Crippen LogP contribution in [-0.2, 0) is 6.42 Å². The molecule has 1 atom stereocenters. The van der Waals surface area contributed by atoms with E-state index >= 15 is 0 Å². The van der Waals surface area contributed by atoms with Crippen LogP contribution in [0.25, 0.3) is 0 Å². The first-order chi connectivity index (χ1) is 7.13. The van der Waals surface area contributed by atoms with Gasteiger partial charge in [0.1, 0.15) is 0 Å². The maximum absolute atomic E-state index is 12.0. The Morgan fingerprint density at radius 2 is 2.13 bits per heavy atom. The fraction of sp³-hybridized carbons (Fsp3) is 0.417. The number of rotatable bonds is 2. The van der Waals surface area contributed by atoms with Crippen molar-refractivity contribution in [3.05, 3.63) is 33.3 Å². The maximum atomic E-state index is 12.0. The number of hydrogen-bond donors (Lipinski definition) is 0. The minimum absolute atomic E-state index is 0.112. The average molecular weight is 243 g/mol. The van der Waals surface area contributed by atoms with E-state index in [1.165, 1.54) is 0 Å². The van der Waals surface area contributed by atoms with Crippen LogP contribution in [0.4, 0.5) is 0 Å². The molecule has 0 bridgehead atoms. The number of halogens is 2. The minimum atomic E-state index is 0.112. The highest BCUT2D eigenvalue weighted by Crippen LogP contribution is 2.36. The number of carbonyl (C=O) groups excluding carboxylic acids is 1. The molecule has 1 unspecified atom stereocenters. The number of benzene rings is 1. The largest absolute Gasteiger partial charge is 0.294 e. The monoisotopic (exact) mass is 242 g/mol. The summed E-state index contributed by atoms with van der Waals surface area (Å²) in [6.07, 6.45) is 2.75. The summed E-state index contributed by atoms with van der Waals surface area (Å²) in [5.74, 6) is 0.300. The molecular weight excluding hydrogens is 231 g/mol. The predicted molar refractivity (Wildman–Crippen MR) is 62.9 cm³/mol. The van der Waals surface area contributed by atoms with Crippen LogP contribution in [0.2, 0.25) is 10.0 Å². The minimum Gasteiger partial charge on any atom is -0.294 e. The van der Waals surface area contributed by atoms with Gasteiger partial charge < -0.3 is 0 Å². The van der Waals surface area contributed by atoms with E-state index in [9.17, 15) is 4.79 Å². The standard InChI is InChI=1S/C12H12Cl2O/c1-2-3-7-4-8-5-9(13)6-10(14)11(8)12(7)15/h5-7H,2-4H2,1H3. The van der Waals surface area contributed by atoms with Crippen molar-refractivity contribution in [2.45, 2.75) is 26.2 Å². The van der Waals surface area contributed by atoms with Gasteiger partial charge in [-0.15, -0.1) is 0 Å². The van der Waals surface area contributed by atoms with Crippen molar-refractivity contribution in [2.75, 3.05) is 0 Å². The lowest BCUT2D eigenvalue weighted by atomic mass is 10.00. The Kier molecular flexibility index (Phi) is 3.03. The van der Waals surface area contributed by atoms with Gasteiger partial charge in [-0.2, -0.15) is 0 Å². The smallest absolute Gasteiger partial charge is 0.168 e. The summed E-state index contributed by atoms with van der Waals surface area (Å²) in [7, 11) is 0. The Morgan fingerprint density at radius 1 is 1.40 bits per heavy atom. The molecule has 0 radical (unpaired) electrons. The Morgan fingerprint density at radius 3 is 2.80 bits per heavy atom. The zero-order chi connectivity index (χ0) is 11.0. The lowest BCUT2D eigenvalue weighted by Gasteiger charge is -2.03. The summed E-state index contributed by atoms with van der Waals surface area (Å²) < 4.78 is 0. The summed E-state index contributed by atoms with van der Waals surface area (Å²) in [5.41, 5.74) is 1.70. The molecule has 2 rings (SSSR count). The van der Waals surface area contributed by atoms with Gasteiger partial charge >= 0.3 is 0 Å². The Balaban J connectivity index is 2.41. The predicted octanol–water partition coefficient (Wildman–Crippen LogP) is 4.15. The molecule has 80 valence electrons. The molecule has 15 heavy (non-hydrogen) atoms. The van der Waals surface area contributed by atoms with Crippen LogP contribution in [0, 0.1) is 5.92 Å². The molecule has 1 aromatic carbocycles. The Labute approximate surface area is 99.4 Å². The molecule has 1 aliphatic carbocycles. The lowest BCUT2D eigenvalue weighted by Crippen LogP contribution is -2.08. The van der Waals surface area contributed by atoms with Crippen LogP contribution >= 0.6 is 23.2 Å². The van der Waals surface area contributed by atoms with Gasteiger partial charge in [0.2, 0.25) is 0 Å². The van der Waals surface area contributed by atoms with E-state index in [4.69, 9.17) is 23.2 Å². The number of hydrogen-bond acceptors (Lipinski definition) is 1. The maximum Gasteiger partial charge on any atom is 0.168 e. The molecule has 0 fully saturated rings. The van der Waals surface area contributed by atoms with Gasteiger partial charge in [-0.05, 0) is 30.5 Å². The van der Waals surface area contributed by atoms with Crippen LogP contribution in [0.1, 0.15) is 35.7 Å². The molecule has 0 heterocycles. The molecule has 0 aromatic heterocycles. The highest BCUT2D eigenvalue weighted by molar-refractivity contribution is 6.37. The van der Waals surface area contributed by atoms with Gasteiger partial charge in [0.15, 0.2) is 5.78 Å². The third-order valence-electron chi connectivity index (χ3n) is 2.86. The highest BCUT2D eigenvalue weighted by atomic mass is 35.5. The summed E-state index contributed by atoms with van der Waals surface area (Å²) in [4.78, 5) is 12.0. The van der Waals surface area contributed by atoms with E-state index in [2.05, 4.69) is 6.92 Å². The van der Waals surface area contributed by atoms with Gasteiger partial charge in [-0.25, -0.2) is 0 Å².